The molecule has 0 amide bonds. The molecule has 0 radical (unpaired) electrons. The molecule has 2 N–H and O–H groups in total. The minimum atomic E-state index is -0.278. The lowest BCUT2D eigenvalue weighted by molar-refractivity contribution is -0.0444. The van der Waals surface area contributed by atoms with E-state index in [2.05, 4.69) is 26.1 Å². The lowest BCUT2D eigenvalue weighted by atomic mass is 9.86. The highest BCUT2D eigenvalue weighted by molar-refractivity contribution is 6.30. The van der Waals surface area contributed by atoms with E-state index in [4.69, 9.17) is 27.9 Å². The lowest BCUT2D eigenvalue weighted by Crippen LogP contribution is -2.30. The van der Waals surface area contributed by atoms with Gasteiger partial charge >= 0.3 is 0 Å². The van der Waals surface area contributed by atoms with Crippen molar-refractivity contribution in [3.05, 3.63) is 40.4 Å². The summed E-state index contributed by atoms with van der Waals surface area (Å²) in [5.74, 6) is 2.62. The maximum absolute atomic E-state index is 9.28. The summed E-state index contributed by atoms with van der Waals surface area (Å²) in [6.07, 6.45) is 3.72. The summed E-state index contributed by atoms with van der Waals surface area (Å²) in [6, 6.07) is 5.99. The van der Waals surface area contributed by atoms with E-state index < -0.39 is 0 Å². The van der Waals surface area contributed by atoms with Crippen molar-refractivity contribution in [2.75, 3.05) is 12.5 Å². The molecule has 1 atom stereocenters. The fourth-order valence-electron chi connectivity index (χ4n) is 4.05. The van der Waals surface area contributed by atoms with Gasteiger partial charge in [0.25, 0.3) is 0 Å². The van der Waals surface area contributed by atoms with Crippen molar-refractivity contribution in [3.8, 4) is 5.69 Å². The second kappa shape index (κ2) is 9.74. The van der Waals surface area contributed by atoms with Crippen molar-refractivity contribution in [2.45, 2.75) is 56.9 Å². The van der Waals surface area contributed by atoms with E-state index in [1.54, 1.807) is 0 Å². The summed E-state index contributed by atoms with van der Waals surface area (Å²) in [4.78, 5) is 0. The molecule has 6 nitrogen and oxygen atoms in total. The summed E-state index contributed by atoms with van der Waals surface area (Å²) in [5, 5.41) is 22.4. The van der Waals surface area contributed by atoms with Gasteiger partial charge in [-0.15, -0.1) is 34.2 Å². The van der Waals surface area contributed by atoms with Gasteiger partial charge < -0.3 is 15.2 Å². The summed E-state index contributed by atoms with van der Waals surface area (Å²) in [5.41, 5.74) is 2.27. The van der Waals surface area contributed by atoms with Crippen molar-refractivity contribution in [1.82, 2.24) is 20.1 Å². The maximum atomic E-state index is 9.28. The van der Waals surface area contributed by atoms with Gasteiger partial charge in [0.1, 0.15) is 5.82 Å². The molecule has 1 aromatic heterocycles. The standard InChI is InChI=1S/C19H24Cl2N4O2.ClH/c20-8-16(11-26)27-15-4-1-12(2-5-15)19-24-23-18-10-22-9-13-7-14(21)3-6-17(13)25(18)19;/h3,6-7,12,15-16,22,26H,1-2,4-5,8-11H2;1H. The summed E-state index contributed by atoms with van der Waals surface area (Å²) < 4.78 is 8.11. The first-order valence-corrected chi connectivity index (χ1v) is 10.4. The van der Waals surface area contributed by atoms with Crippen LogP contribution in [0.25, 0.3) is 5.69 Å². The number of fused-ring (bicyclic) bond motifs is 3. The Morgan fingerprint density at radius 3 is 2.71 bits per heavy atom. The molecular formula is C19H25Cl3N4O2. The van der Waals surface area contributed by atoms with Gasteiger partial charge in [-0.05, 0) is 49.4 Å². The molecule has 1 saturated carbocycles. The molecular weight excluding hydrogens is 423 g/mol. The fraction of sp³-hybridized carbons (Fsp3) is 0.579. The van der Waals surface area contributed by atoms with Gasteiger partial charge in [0.2, 0.25) is 0 Å². The first-order valence-electron chi connectivity index (χ1n) is 9.45. The SMILES string of the molecule is Cl.OCC(CCl)OC1CCC(c2nnc3n2-c2ccc(Cl)cc2CNC3)CC1. The van der Waals surface area contributed by atoms with Gasteiger partial charge in [-0.1, -0.05) is 11.6 Å². The van der Waals surface area contributed by atoms with Crippen molar-refractivity contribution >= 4 is 35.6 Å². The number of ether oxygens (including phenoxy) is 1. The van der Waals surface area contributed by atoms with Crippen LogP contribution in [-0.4, -0.2) is 44.6 Å². The summed E-state index contributed by atoms with van der Waals surface area (Å²) in [6.45, 7) is 1.42. The first-order chi connectivity index (χ1) is 13.2. The van der Waals surface area contributed by atoms with Gasteiger partial charge in [-0.3, -0.25) is 4.57 Å². The normalized spacial score (nSPS) is 22.5. The van der Waals surface area contributed by atoms with Crippen molar-refractivity contribution < 1.29 is 9.84 Å². The molecule has 0 bridgehead atoms. The van der Waals surface area contributed by atoms with E-state index in [-0.39, 0.29) is 31.2 Å². The van der Waals surface area contributed by atoms with E-state index in [0.29, 0.717) is 18.3 Å². The van der Waals surface area contributed by atoms with Gasteiger partial charge in [-0.25, -0.2) is 0 Å². The number of aliphatic hydroxyl groups is 1. The number of halogens is 3. The molecule has 2 heterocycles. The maximum Gasteiger partial charge on any atom is 0.151 e. The van der Waals surface area contributed by atoms with Crippen LogP contribution in [0.5, 0.6) is 0 Å². The Bertz CT molecular complexity index is 789. The van der Waals surface area contributed by atoms with Gasteiger partial charge in [-0.2, -0.15) is 0 Å². The summed E-state index contributed by atoms with van der Waals surface area (Å²) >= 11 is 12.0. The number of hydrogen-bond acceptors (Lipinski definition) is 5. The number of nitrogens with zero attached hydrogens (tertiary/aromatic N) is 3. The number of alkyl halides is 1. The fourth-order valence-corrected chi connectivity index (χ4v) is 4.42. The van der Waals surface area contributed by atoms with Crippen molar-refractivity contribution in [2.24, 2.45) is 0 Å². The predicted molar refractivity (Wildman–Crippen MR) is 112 cm³/mol. The Kier molecular flexibility index (Phi) is 7.59. The molecule has 9 heteroatoms. The van der Waals surface area contributed by atoms with Crippen LogP contribution in [-0.2, 0) is 17.8 Å². The zero-order chi connectivity index (χ0) is 18.8. The molecule has 154 valence electrons. The predicted octanol–water partition coefficient (Wildman–Crippen LogP) is 3.59. The zero-order valence-electron chi connectivity index (χ0n) is 15.5. The third-order valence-corrected chi connectivity index (χ3v) is 6.02. The Labute approximate surface area is 181 Å². The third kappa shape index (κ3) is 4.48. The van der Waals surface area contributed by atoms with E-state index in [1.807, 2.05) is 12.1 Å². The average Bonchev–Trinajstić information content (AvgIpc) is 3.02. The first kappa shape index (κ1) is 21.8. The minimum Gasteiger partial charge on any atom is -0.394 e. The molecule has 1 fully saturated rings. The monoisotopic (exact) mass is 446 g/mol. The quantitative estimate of drug-likeness (QED) is 0.685. The van der Waals surface area contributed by atoms with Crippen LogP contribution < -0.4 is 5.32 Å². The third-order valence-electron chi connectivity index (χ3n) is 5.44. The van der Waals surface area contributed by atoms with Crippen LogP contribution >= 0.6 is 35.6 Å². The lowest BCUT2D eigenvalue weighted by Gasteiger charge is -2.30. The second-order valence-corrected chi connectivity index (χ2v) is 8.00. The van der Waals surface area contributed by atoms with Crippen LogP contribution in [0.15, 0.2) is 18.2 Å². The molecule has 28 heavy (non-hydrogen) atoms. The molecule has 0 spiro atoms. The largest absolute Gasteiger partial charge is 0.394 e. The second-order valence-electron chi connectivity index (χ2n) is 7.26. The molecule has 1 aliphatic carbocycles. The highest BCUT2D eigenvalue weighted by atomic mass is 35.5. The van der Waals surface area contributed by atoms with Crippen molar-refractivity contribution in [3.63, 3.8) is 0 Å². The zero-order valence-corrected chi connectivity index (χ0v) is 17.8. The van der Waals surface area contributed by atoms with Crippen LogP contribution in [0.4, 0.5) is 0 Å². The average molecular weight is 448 g/mol. The highest BCUT2D eigenvalue weighted by Crippen LogP contribution is 2.36. The number of aromatic nitrogens is 3. The van der Waals surface area contributed by atoms with Gasteiger partial charge in [0.05, 0.1) is 36.9 Å². The Hall–Kier alpha value is -0.890. The summed E-state index contributed by atoms with van der Waals surface area (Å²) in [7, 11) is 0. The van der Waals surface area contributed by atoms with E-state index in [9.17, 15) is 5.11 Å². The Morgan fingerprint density at radius 2 is 2.00 bits per heavy atom. The molecule has 4 rings (SSSR count). The van der Waals surface area contributed by atoms with E-state index in [0.717, 1.165) is 60.2 Å². The van der Waals surface area contributed by atoms with Crippen LogP contribution in [0.1, 0.15) is 48.8 Å². The molecule has 0 saturated heterocycles. The molecule has 1 aromatic carbocycles. The van der Waals surface area contributed by atoms with Gasteiger partial charge in [0.15, 0.2) is 5.82 Å². The molecule has 2 aliphatic rings. The minimum absolute atomic E-state index is 0. The number of benzene rings is 1. The Morgan fingerprint density at radius 1 is 1.21 bits per heavy atom. The van der Waals surface area contributed by atoms with Crippen LogP contribution in [0.3, 0.4) is 0 Å². The van der Waals surface area contributed by atoms with Crippen LogP contribution in [0, 0.1) is 0 Å². The number of rotatable bonds is 5. The molecule has 2 aromatic rings. The van der Waals surface area contributed by atoms with Gasteiger partial charge in [0, 0.05) is 17.5 Å². The molecule has 1 aliphatic heterocycles. The van der Waals surface area contributed by atoms with Crippen molar-refractivity contribution in [1.29, 1.82) is 0 Å². The molecule has 1 unspecified atom stereocenters. The topological polar surface area (TPSA) is 72.2 Å². The number of nitrogens with one attached hydrogen (secondary N) is 1. The Balaban J connectivity index is 0.00000225. The number of aliphatic hydroxyl groups excluding tert-OH is 1. The number of hydrogen-bond donors (Lipinski definition) is 2. The smallest absolute Gasteiger partial charge is 0.151 e. The highest BCUT2D eigenvalue weighted by Gasteiger charge is 2.30. The van der Waals surface area contributed by atoms with E-state index in [1.165, 1.54) is 0 Å². The van der Waals surface area contributed by atoms with E-state index >= 15 is 0 Å². The van der Waals surface area contributed by atoms with Crippen LogP contribution in [0.2, 0.25) is 5.02 Å².